The van der Waals surface area contributed by atoms with Gasteiger partial charge in [0.05, 0.1) is 11.4 Å². The van der Waals surface area contributed by atoms with E-state index in [9.17, 15) is 19.2 Å². The molecule has 1 aromatic heterocycles. The van der Waals surface area contributed by atoms with E-state index in [0.717, 1.165) is 0 Å². The SMILES string of the molecule is Cc1c(NC(=O)[C@H](C)OC(=O)[C@@H](NC(=O)c2ccccc2)C(C)C)c(=O)n(-c2ccccc2)n1C. The van der Waals surface area contributed by atoms with Gasteiger partial charge >= 0.3 is 5.97 Å². The maximum absolute atomic E-state index is 13.0. The number of para-hydroxylation sites is 1. The van der Waals surface area contributed by atoms with E-state index < -0.39 is 35.5 Å². The van der Waals surface area contributed by atoms with E-state index >= 15 is 0 Å². The predicted molar refractivity (Wildman–Crippen MR) is 132 cm³/mol. The summed E-state index contributed by atoms with van der Waals surface area (Å²) < 4.78 is 8.44. The van der Waals surface area contributed by atoms with Crippen molar-refractivity contribution in [1.82, 2.24) is 14.7 Å². The van der Waals surface area contributed by atoms with E-state index in [-0.39, 0.29) is 11.6 Å². The van der Waals surface area contributed by atoms with Gasteiger partial charge in [0.15, 0.2) is 6.10 Å². The zero-order valence-electron chi connectivity index (χ0n) is 20.4. The lowest BCUT2D eigenvalue weighted by atomic mass is 10.0. The van der Waals surface area contributed by atoms with Crippen LogP contribution in [0.3, 0.4) is 0 Å². The molecule has 9 nitrogen and oxygen atoms in total. The van der Waals surface area contributed by atoms with Crippen molar-refractivity contribution < 1.29 is 19.1 Å². The van der Waals surface area contributed by atoms with Gasteiger partial charge in [0.2, 0.25) is 0 Å². The van der Waals surface area contributed by atoms with Crippen LogP contribution in [0.25, 0.3) is 5.69 Å². The van der Waals surface area contributed by atoms with Crippen LogP contribution in [-0.2, 0) is 21.4 Å². The topological polar surface area (TPSA) is 111 Å². The number of aromatic nitrogens is 2. The average molecular weight is 479 g/mol. The molecule has 0 bridgehead atoms. The van der Waals surface area contributed by atoms with E-state index in [0.29, 0.717) is 16.9 Å². The van der Waals surface area contributed by atoms with Gasteiger partial charge in [-0.05, 0) is 44.0 Å². The molecule has 0 spiro atoms. The summed E-state index contributed by atoms with van der Waals surface area (Å²) in [4.78, 5) is 51.2. The zero-order valence-corrected chi connectivity index (χ0v) is 20.4. The molecule has 1 heterocycles. The fourth-order valence-corrected chi connectivity index (χ4v) is 3.55. The standard InChI is InChI=1S/C26H30N4O5/c1-16(2)21(27-24(32)19-12-8-6-9-13-19)26(34)35-18(4)23(31)28-22-17(3)29(5)30(25(22)33)20-14-10-7-11-15-20/h6-16,18,21H,1-5H3,(H,27,32)(H,28,31)/t18-,21-/m0/s1. The molecule has 0 aliphatic carbocycles. The van der Waals surface area contributed by atoms with Crippen LogP contribution >= 0.6 is 0 Å². The van der Waals surface area contributed by atoms with Crippen molar-refractivity contribution in [2.24, 2.45) is 13.0 Å². The maximum atomic E-state index is 13.0. The molecule has 0 aliphatic heterocycles. The Morgan fingerprint density at radius 2 is 1.49 bits per heavy atom. The number of hydrogen-bond donors (Lipinski definition) is 2. The third-order valence-electron chi connectivity index (χ3n) is 5.71. The van der Waals surface area contributed by atoms with E-state index in [1.807, 2.05) is 18.2 Å². The molecule has 9 heteroatoms. The molecule has 2 N–H and O–H groups in total. The number of carbonyl (C=O) groups excluding carboxylic acids is 3. The third-order valence-corrected chi connectivity index (χ3v) is 5.71. The lowest BCUT2D eigenvalue weighted by molar-refractivity contribution is -0.156. The molecule has 2 aromatic carbocycles. The monoisotopic (exact) mass is 478 g/mol. The number of anilines is 1. The van der Waals surface area contributed by atoms with E-state index in [2.05, 4.69) is 10.6 Å². The van der Waals surface area contributed by atoms with Gasteiger partial charge in [-0.25, -0.2) is 9.48 Å². The molecule has 3 aromatic rings. The summed E-state index contributed by atoms with van der Waals surface area (Å²) >= 11 is 0. The van der Waals surface area contributed by atoms with Gasteiger partial charge in [-0.2, -0.15) is 0 Å². The molecule has 2 amide bonds. The fourth-order valence-electron chi connectivity index (χ4n) is 3.55. The minimum atomic E-state index is -1.19. The number of ether oxygens (including phenoxy) is 1. The van der Waals surface area contributed by atoms with E-state index in [4.69, 9.17) is 4.74 Å². The Kier molecular flexibility index (Phi) is 7.91. The lowest BCUT2D eigenvalue weighted by Gasteiger charge is -2.23. The first-order valence-corrected chi connectivity index (χ1v) is 11.3. The largest absolute Gasteiger partial charge is 0.451 e. The average Bonchev–Trinajstić information content (AvgIpc) is 3.05. The van der Waals surface area contributed by atoms with Gasteiger partial charge in [0.25, 0.3) is 17.4 Å². The van der Waals surface area contributed by atoms with Gasteiger partial charge in [0.1, 0.15) is 11.7 Å². The van der Waals surface area contributed by atoms with Crippen LogP contribution in [0.4, 0.5) is 5.69 Å². The van der Waals surface area contributed by atoms with Crippen LogP contribution in [0.15, 0.2) is 65.5 Å². The molecule has 0 unspecified atom stereocenters. The van der Waals surface area contributed by atoms with Crippen molar-refractivity contribution in [3.63, 3.8) is 0 Å². The minimum absolute atomic E-state index is 0.0991. The lowest BCUT2D eigenvalue weighted by Crippen LogP contribution is -2.47. The quantitative estimate of drug-likeness (QED) is 0.484. The minimum Gasteiger partial charge on any atom is -0.451 e. The van der Waals surface area contributed by atoms with Crippen LogP contribution < -0.4 is 16.2 Å². The Morgan fingerprint density at radius 3 is 2.06 bits per heavy atom. The number of amides is 2. The Bertz CT molecular complexity index is 1260. The second-order valence-electron chi connectivity index (χ2n) is 8.57. The van der Waals surface area contributed by atoms with Crippen LogP contribution in [-0.4, -0.2) is 39.3 Å². The van der Waals surface area contributed by atoms with Crippen molar-refractivity contribution in [2.45, 2.75) is 39.8 Å². The van der Waals surface area contributed by atoms with Crippen molar-refractivity contribution >= 4 is 23.5 Å². The van der Waals surface area contributed by atoms with Crippen LogP contribution in [0.2, 0.25) is 0 Å². The summed E-state index contributed by atoms with van der Waals surface area (Å²) in [6, 6.07) is 16.6. The molecule has 0 fully saturated rings. The van der Waals surface area contributed by atoms with Crippen LogP contribution in [0.5, 0.6) is 0 Å². The van der Waals surface area contributed by atoms with Gasteiger partial charge in [-0.3, -0.25) is 19.1 Å². The molecule has 0 aliphatic rings. The van der Waals surface area contributed by atoms with E-state index in [1.54, 1.807) is 75.0 Å². The summed E-state index contributed by atoms with van der Waals surface area (Å²) in [5.41, 5.74) is 1.30. The number of nitrogens with one attached hydrogen (secondary N) is 2. The molecule has 0 saturated carbocycles. The summed E-state index contributed by atoms with van der Waals surface area (Å²) in [6.45, 7) is 6.65. The summed E-state index contributed by atoms with van der Waals surface area (Å²) in [5, 5.41) is 5.26. The molecular weight excluding hydrogens is 448 g/mol. The molecule has 2 atom stereocenters. The smallest absolute Gasteiger partial charge is 0.329 e. The third kappa shape index (κ3) is 5.68. The van der Waals surface area contributed by atoms with Gasteiger partial charge in [-0.15, -0.1) is 0 Å². The second-order valence-corrected chi connectivity index (χ2v) is 8.57. The first kappa shape index (κ1) is 25.5. The Hall–Kier alpha value is -4.14. The zero-order chi connectivity index (χ0) is 25.7. The summed E-state index contributed by atoms with van der Waals surface area (Å²) in [5.74, 6) is -2.08. The number of nitrogens with zero attached hydrogens (tertiary/aromatic N) is 2. The highest BCUT2D eigenvalue weighted by atomic mass is 16.5. The Morgan fingerprint density at radius 1 is 0.914 bits per heavy atom. The van der Waals surface area contributed by atoms with Crippen molar-refractivity contribution in [2.75, 3.05) is 5.32 Å². The molecule has 0 saturated heterocycles. The summed E-state index contributed by atoms with van der Waals surface area (Å²) in [7, 11) is 1.71. The second kappa shape index (κ2) is 10.9. The van der Waals surface area contributed by atoms with Crippen LogP contribution in [0.1, 0.15) is 36.8 Å². The highest BCUT2D eigenvalue weighted by Crippen LogP contribution is 2.15. The summed E-state index contributed by atoms with van der Waals surface area (Å²) in [6.07, 6.45) is -1.19. The van der Waals surface area contributed by atoms with Crippen molar-refractivity contribution in [3.8, 4) is 5.69 Å². The number of hydrogen-bond acceptors (Lipinski definition) is 5. The maximum Gasteiger partial charge on any atom is 0.329 e. The molecular formula is C26H30N4O5. The Labute approximate surface area is 203 Å². The van der Waals surface area contributed by atoms with E-state index in [1.165, 1.54) is 11.6 Å². The highest BCUT2D eigenvalue weighted by molar-refractivity contribution is 5.98. The number of esters is 1. The fraction of sp³-hybridized carbons (Fsp3) is 0.308. The predicted octanol–water partition coefficient (Wildman–Crippen LogP) is 2.81. The highest BCUT2D eigenvalue weighted by Gasteiger charge is 2.30. The molecule has 35 heavy (non-hydrogen) atoms. The number of rotatable bonds is 8. The van der Waals surface area contributed by atoms with Crippen molar-refractivity contribution in [1.29, 1.82) is 0 Å². The van der Waals surface area contributed by atoms with Gasteiger partial charge < -0.3 is 15.4 Å². The van der Waals surface area contributed by atoms with Gasteiger partial charge in [-0.1, -0.05) is 50.2 Å². The first-order valence-electron chi connectivity index (χ1n) is 11.3. The normalized spacial score (nSPS) is 12.6. The number of benzene rings is 2. The molecule has 184 valence electrons. The Balaban J connectivity index is 1.71. The number of carbonyl (C=O) groups is 3. The van der Waals surface area contributed by atoms with Crippen molar-refractivity contribution in [3.05, 3.63) is 82.3 Å². The molecule has 3 rings (SSSR count). The molecule has 0 radical (unpaired) electrons. The van der Waals surface area contributed by atoms with Gasteiger partial charge in [0, 0.05) is 12.6 Å². The van der Waals surface area contributed by atoms with Crippen LogP contribution in [0, 0.1) is 12.8 Å². The first-order chi connectivity index (χ1) is 16.6.